The second-order valence-corrected chi connectivity index (χ2v) is 9.91. The SMILES string of the molecule is CCCCCCOc1ccc([C@@H]2C3=C(CC(C)(C)CC3=O)Nc3[nH]c(=O)[nH]c(=O)c32)cc1OC. The zero-order valence-electron chi connectivity index (χ0n) is 20.3. The molecule has 1 aliphatic carbocycles. The van der Waals surface area contributed by atoms with Crippen LogP contribution in [-0.2, 0) is 4.79 Å². The van der Waals surface area contributed by atoms with Gasteiger partial charge in [0.1, 0.15) is 5.82 Å². The predicted octanol–water partition coefficient (Wildman–Crippen LogP) is 4.23. The predicted molar refractivity (Wildman–Crippen MR) is 131 cm³/mol. The number of nitrogens with one attached hydrogen (secondary N) is 3. The highest BCUT2D eigenvalue weighted by atomic mass is 16.5. The lowest BCUT2D eigenvalue weighted by atomic mass is 9.69. The molecule has 0 radical (unpaired) electrons. The van der Waals surface area contributed by atoms with Crippen molar-refractivity contribution >= 4 is 11.6 Å². The van der Waals surface area contributed by atoms with E-state index in [2.05, 4.69) is 22.2 Å². The molecule has 1 atom stereocenters. The molecule has 1 aromatic heterocycles. The minimum Gasteiger partial charge on any atom is -0.493 e. The molecule has 182 valence electrons. The maximum atomic E-state index is 13.3. The monoisotopic (exact) mass is 467 g/mol. The quantitative estimate of drug-likeness (QED) is 0.501. The van der Waals surface area contributed by atoms with Crippen molar-refractivity contribution in [3.63, 3.8) is 0 Å². The number of hydrogen-bond donors (Lipinski definition) is 3. The molecule has 0 bridgehead atoms. The summed E-state index contributed by atoms with van der Waals surface area (Å²) in [6.45, 7) is 6.84. The van der Waals surface area contributed by atoms with Crippen molar-refractivity contribution < 1.29 is 14.3 Å². The van der Waals surface area contributed by atoms with Crippen LogP contribution >= 0.6 is 0 Å². The summed E-state index contributed by atoms with van der Waals surface area (Å²) in [4.78, 5) is 43.3. The molecule has 34 heavy (non-hydrogen) atoms. The smallest absolute Gasteiger partial charge is 0.327 e. The van der Waals surface area contributed by atoms with Gasteiger partial charge in [-0.15, -0.1) is 0 Å². The molecule has 2 aromatic rings. The Hall–Kier alpha value is -3.29. The van der Waals surface area contributed by atoms with Crippen molar-refractivity contribution in [2.75, 3.05) is 19.0 Å². The van der Waals surface area contributed by atoms with Crippen LogP contribution in [0.5, 0.6) is 11.5 Å². The minimum absolute atomic E-state index is 0.00443. The lowest BCUT2D eigenvalue weighted by Crippen LogP contribution is -2.38. The Morgan fingerprint density at radius 1 is 1.03 bits per heavy atom. The highest BCUT2D eigenvalue weighted by Gasteiger charge is 2.42. The van der Waals surface area contributed by atoms with Crippen LogP contribution in [0.4, 0.5) is 5.82 Å². The van der Waals surface area contributed by atoms with E-state index in [9.17, 15) is 14.4 Å². The van der Waals surface area contributed by atoms with E-state index < -0.39 is 17.2 Å². The number of aromatic amines is 2. The molecule has 2 aliphatic rings. The van der Waals surface area contributed by atoms with Crippen molar-refractivity contribution in [1.82, 2.24) is 9.97 Å². The van der Waals surface area contributed by atoms with Crippen LogP contribution in [0, 0.1) is 5.41 Å². The molecule has 1 aliphatic heterocycles. The van der Waals surface area contributed by atoms with E-state index >= 15 is 0 Å². The molecule has 0 unspecified atom stereocenters. The molecule has 0 amide bonds. The first-order valence-corrected chi connectivity index (χ1v) is 11.9. The summed E-state index contributed by atoms with van der Waals surface area (Å²) in [5.41, 5.74) is 1.03. The molecule has 3 N–H and O–H groups in total. The Kier molecular flexibility index (Phi) is 6.68. The number of carbonyl (C=O) groups is 1. The summed E-state index contributed by atoms with van der Waals surface area (Å²) < 4.78 is 11.6. The van der Waals surface area contributed by atoms with Gasteiger partial charge in [0.05, 0.1) is 19.3 Å². The molecule has 1 aromatic carbocycles. The van der Waals surface area contributed by atoms with Crippen molar-refractivity contribution in [3.8, 4) is 11.5 Å². The van der Waals surface area contributed by atoms with Gasteiger partial charge in [0, 0.05) is 23.6 Å². The lowest BCUT2D eigenvalue weighted by molar-refractivity contribution is -0.118. The van der Waals surface area contributed by atoms with E-state index in [0.29, 0.717) is 47.9 Å². The lowest BCUT2D eigenvalue weighted by Gasteiger charge is -2.38. The van der Waals surface area contributed by atoms with Gasteiger partial charge in [-0.2, -0.15) is 0 Å². The van der Waals surface area contributed by atoms with Gasteiger partial charge >= 0.3 is 5.69 Å². The molecule has 2 heterocycles. The van der Waals surface area contributed by atoms with Gasteiger partial charge in [0.2, 0.25) is 0 Å². The van der Waals surface area contributed by atoms with Crippen LogP contribution in [0.2, 0.25) is 0 Å². The molecule has 4 rings (SSSR count). The Bertz CT molecular complexity index is 1240. The second kappa shape index (κ2) is 9.52. The van der Waals surface area contributed by atoms with Gasteiger partial charge in [-0.25, -0.2) is 4.79 Å². The number of carbonyl (C=O) groups excluding carboxylic acids is 1. The van der Waals surface area contributed by atoms with Crippen LogP contribution in [0.1, 0.15) is 76.3 Å². The molecular formula is C26H33N3O5. The number of ketones is 1. The number of rotatable bonds is 8. The summed E-state index contributed by atoms with van der Waals surface area (Å²) in [6, 6.07) is 5.52. The van der Waals surface area contributed by atoms with E-state index in [4.69, 9.17) is 9.47 Å². The zero-order chi connectivity index (χ0) is 24.5. The van der Waals surface area contributed by atoms with E-state index in [1.165, 1.54) is 6.42 Å². The molecule has 8 nitrogen and oxygen atoms in total. The first-order chi connectivity index (χ1) is 16.2. The average Bonchev–Trinajstić information content (AvgIpc) is 2.76. The Morgan fingerprint density at radius 3 is 2.56 bits per heavy atom. The van der Waals surface area contributed by atoms with Gasteiger partial charge in [-0.1, -0.05) is 46.1 Å². The number of ether oxygens (including phenoxy) is 2. The number of fused-ring (bicyclic) bond motifs is 1. The van der Waals surface area contributed by atoms with Gasteiger partial charge in [-0.05, 0) is 36.0 Å². The number of anilines is 1. The third-order valence-corrected chi connectivity index (χ3v) is 6.53. The molecule has 0 saturated carbocycles. The zero-order valence-corrected chi connectivity index (χ0v) is 20.3. The molecule has 0 saturated heterocycles. The minimum atomic E-state index is -0.622. The maximum Gasteiger partial charge on any atom is 0.327 e. The highest BCUT2D eigenvalue weighted by molar-refractivity contribution is 6.01. The van der Waals surface area contributed by atoms with Gasteiger partial charge in [-0.3, -0.25) is 19.6 Å². The number of H-pyrrole nitrogens is 2. The van der Waals surface area contributed by atoms with Crippen molar-refractivity contribution in [2.24, 2.45) is 5.41 Å². The van der Waals surface area contributed by atoms with Crippen LogP contribution in [-0.4, -0.2) is 29.5 Å². The topological polar surface area (TPSA) is 113 Å². The Balaban J connectivity index is 1.77. The number of unbranched alkanes of at least 4 members (excludes halogenated alkanes) is 3. The van der Waals surface area contributed by atoms with E-state index in [1.807, 2.05) is 32.0 Å². The summed E-state index contributed by atoms with van der Waals surface area (Å²) in [5, 5.41) is 3.18. The van der Waals surface area contributed by atoms with E-state index in [0.717, 1.165) is 30.5 Å². The first kappa shape index (κ1) is 23.9. The van der Waals surface area contributed by atoms with E-state index in [-0.39, 0.29) is 11.2 Å². The van der Waals surface area contributed by atoms with Crippen molar-refractivity contribution in [2.45, 2.75) is 65.2 Å². The Labute approximate surface area is 198 Å². The standard InChI is InChI=1S/C26H33N3O5/c1-5-6-7-8-11-34-18-10-9-15(12-19(18)33-4)20-21-16(13-26(2,3)14-17(21)30)27-23-22(20)24(31)29-25(32)28-23/h9-10,12,20H,5-8,11,13-14H2,1-4H3,(H3,27,28,29,31,32)/t20-/m1/s1. The van der Waals surface area contributed by atoms with Crippen molar-refractivity contribution in [3.05, 3.63) is 61.4 Å². The molecule has 0 fully saturated rings. The number of benzene rings is 1. The fraction of sp³-hybridized carbons (Fsp3) is 0.500. The fourth-order valence-corrected chi connectivity index (χ4v) is 4.97. The molecular weight excluding hydrogens is 434 g/mol. The summed E-state index contributed by atoms with van der Waals surface area (Å²) in [6.07, 6.45) is 5.43. The van der Waals surface area contributed by atoms with Crippen LogP contribution in [0.25, 0.3) is 0 Å². The van der Waals surface area contributed by atoms with Gasteiger partial charge < -0.3 is 14.8 Å². The first-order valence-electron chi connectivity index (χ1n) is 11.9. The third kappa shape index (κ3) is 4.67. The summed E-state index contributed by atoms with van der Waals surface area (Å²) >= 11 is 0. The number of methoxy groups -OCH3 is 1. The number of hydrogen-bond acceptors (Lipinski definition) is 6. The maximum absolute atomic E-state index is 13.3. The number of Topliss-reactive ketones (excluding diaryl/α,β-unsaturated/α-hetero) is 1. The van der Waals surface area contributed by atoms with Gasteiger partial charge in [0.25, 0.3) is 5.56 Å². The average molecular weight is 468 g/mol. The Morgan fingerprint density at radius 2 is 1.82 bits per heavy atom. The highest BCUT2D eigenvalue weighted by Crippen LogP contribution is 2.48. The number of allylic oxidation sites excluding steroid dienone is 2. The fourth-order valence-electron chi connectivity index (χ4n) is 4.97. The summed E-state index contributed by atoms with van der Waals surface area (Å²) in [7, 11) is 1.57. The third-order valence-electron chi connectivity index (χ3n) is 6.53. The van der Waals surface area contributed by atoms with Crippen molar-refractivity contribution in [1.29, 1.82) is 0 Å². The molecule has 0 spiro atoms. The normalized spacial score (nSPS) is 18.7. The summed E-state index contributed by atoms with van der Waals surface area (Å²) in [5.74, 6) is 0.869. The van der Waals surface area contributed by atoms with Crippen LogP contribution < -0.4 is 26.0 Å². The van der Waals surface area contributed by atoms with E-state index in [1.54, 1.807) is 7.11 Å². The largest absolute Gasteiger partial charge is 0.493 e. The number of aromatic nitrogens is 2. The molecule has 8 heteroatoms. The van der Waals surface area contributed by atoms with Crippen LogP contribution in [0.15, 0.2) is 39.1 Å². The second-order valence-electron chi connectivity index (χ2n) is 9.91. The van der Waals surface area contributed by atoms with Gasteiger partial charge in [0.15, 0.2) is 17.3 Å². The van der Waals surface area contributed by atoms with Crippen LogP contribution in [0.3, 0.4) is 0 Å².